The van der Waals surface area contributed by atoms with E-state index in [4.69, 9.17) is 4.74 Å². The molecule has 0 fully saturated rings. The molecule has 0 saturated carbocycles. The summed E-state index contributed by atoms with van der Waals surface area (Å²) in [6.45, 7) is 13.7. The number of carbonyl (C=O) groups excluding carboxylic acids is 3. The predicted octanol–water partition coefficient (Wildman–Crippen LogP) is 5.37. The molecule has 0 aliphatic carbocycles. The Balaban J connectivity index is 2.46. The molecule has 2 atom stereocenters. The largest absolute Gasteiger partial charge is 0.508 e. The molecule has 212 valence electrons. The van der Waals surface area contributed by atoms with E-state index in [2.05, 4.69) is 24.1 Å². The number of alkyl carbamates (subject to hydrolysis) is 1. The van der Waals surface area contributed by atoms with Gasteiger partial charge in [0.25, 0.3) is 0 Å². The van der Waals surface area contributed by atoms with Gasteiger partial charge in [0, 0.05) is 19.5 Å². The molecule has 0 radical (unpaired) electrons. The Kier molecular flexibility index (Phi) is 12.0. The van der Waals surface area contributed by atoms with Gasteiger partial charge >= 0.3 is 6.09 Å². The summed E-state index contributed by atoms with van der Waals surface area (Å²) in [5, 5.41) is 15.4. The monoisotopic (exact) mass is 537 g/mol. The fourth-order valence-corrected chi connectivity index (χ4v) is 4.20. The number of aromatic hydroxyl groups is 1. The number of likely N-dealkylation sites (N-methyl/N-ethyl adjacent to an activating group) is 1. The number of amides is 3. The number of rotatable bonds is 13. The van der Waals surface area contributed by atoms with E-state index < -0.39 is 29.7 Å². The number of carbonyl (C=O) groups is 3. The summed E-state index contributed by atoms with van der Waals surface area (Å²) in [7, 11) is 0. The number of unbranched alkanes of at least 4 members (excludes halogenated alkanes) is 2. The van der Waals surface area contributed by atoms with E-state index >= 15 is 0 Å². The molecule has 39 heavy (non-hydrogen) atoms. The number of benzene rings is 2. The number of ether oxygens (including phenoxy) is 1. The van der Waals surface area contributed by atoms with Crippen molar-refractivity contribution >= 4 is 24.0 Å². The first kappa shape index (κ1) is 31.4. The Morgan fingerprint density at radius 1 is 1.08 bits per heavy atom. The fourth-order valence-electron chi connectivity index (χ4n) is 4.20. The molecule has 0 spiro atoms. The van der Waals surface area contributed by atoms with Gasteiger partial charge in [0.1, 0.15) is 23.4 Å². The lowest BCUT2D eigenvalue weighted by atomic mass is 9.99. The van der Waals surface area contributed by atoms with Gasteiger partial charge in [-0.25, -0.2) is 4.79 Å². The van der Waals surface area contributed by atoms with Crippen LogP contribution in [0, 0.1) is 0 Å². The zero-order chi connectivity index (χ0) is 29.0. The minimum absolute atomic E-state index is 0.0961. The molecule has 3 N–H and O–H groups in total. The van der Waals surface area contributed by atoms with Gasteiger partial charge in [-0.1, -0.05) is 62.8 Å². The van der Waals surface area contributed by atoms with Crippen LogP contribution in [0.2, 0.25) is 0 Å². The van der Waals surface area contributed by atoms with Crippen molar-refractivity contribution in [1.29, 1.82) is 0 Å². The molecule has 2 rings (SSSR count). The highest BCUT2D eigenvalue weighted by atomic mass is 16.6. The summed E-state index contributed by atoms with van der Waals surface area (Å²) in [4.78, 5) is 41.9. The van der Waals surface area contributed by atoms with Gasteiger partial charge in [-0.05, 0) is 69.0 Å². The molecule has 0 aliphatic rings. The van der Waals surface area contributed by atoms with E-state index in [1.165, 1.54) is 17.0 Å². The first-order chi connectivity index (χ1) is 18.5. The maximum absolute atomic E-state index is 14.1. The van der Waals surface area contributed by atoms with Gasteiger partial charge in [-0.15, -0.1) is 0 Å². The first-order valence-electron chi connectivity index (χ1n) is 13.6. The average Bonchev–Trinajstić information content (AvgIpc) is 2.89. The third-order valence-electron chi connectivity index (χ3n) is 6.09. The van der Waals surface area contributed by atoms with E-state index in [1.807, 2.05) is 24.3 Å². The molecule has 2 unspecified atom stereocenters. The van der Waals surface area contributed by atoms with Crippen LogP contribution in [0.25, 0.3) is 6.08 Å². The first-order valence-corrected chi connectivity index (χ1v) is 13.6. The quantitative estimate of drug-likeness (QED) is 0.298. The van der Waals surface area contributed by atoms with Crippen molar-refractivity contribution in [2.24, 2.45) is 0 Å². The summed E-state index contributed by atoms with van der Waals surface area (Å²) >= 11 is 0. The molecule has 0 heterocycles. The van der Waals surface area contributed by atoms with Gasteiger partial charge in [-0.3, -0.25) is 9.59 Å². The number of nitrogens with zero attached hydrogens (tertiary/aromatic N) is 1. The van der Waals surface area contributed by atoms with Crippen LogP contribution in [-0.2, 0) is 20.7 Å². The van der Waals surface area contributed by atoms with E-state index in [0.29, 0.717) is 12.1 Å². The third kappa shape index (κ3) is 10.1. The topological polar surface area (TPSA) is 108 Å². The van der Waals surface area contributed by atoms with Gasteiger partial charge < -0.3 is 25.4 Å². The van der Waals surface area contributed by atoms with Gasteiger partial charge in [0.15, 0.2) is 0 Å². The van der Waals surface area contributed by atoms with Crippen molar-refractivity contribution in [3.8, 4) is 5.75 Å². The number of phenols is 1. The lowest BCUT2D eigenvalue weighted by molar-refractivity contribution is -0.142. The van der Waals surface area contributed by atoms with Crippen LogP contribution in [0.4, 0.5) is 4.79 Å². The van der Waals surface area contributed by atoms with Gasteiger partial charge in [-0.2, -0.15) is 0 Å². The Bertz CT molecular complexity index is 1110. The minimum atomic E-state index is -1.01. The van der Waals surface area contributed by atoms with Crippen LogP contribution in [0.5, 0.6) is 5.75 Å². The van der Waals surface area contributed by atoms with Crippen LogP contribution in [-0.4, -0.2) is 52.6 Å². The number of nitrogens with one attached hydrogen (secondary N) is 2. The van der Waals surface area contributed by atoms with Crippen molar-refractivity contribution in [2.45, 2.75) is 78.0 Å². The number of phenolic OH excluding ortho intramolecular Hbond substituents is 1. The van der Waals surface area contributed by atoms with E-state index in [0.717, 1.165) is 30.4 Å². The molecule has 3 amide bonds. The second-order valence-corrected chi connectivity index (χ2v) is 10.5. The number of hydrogen-bond donors (Lipinski definition) is 3. The van der Waals surface area contributed by atoms with E-state index in [1.54, 1.807) is 45.9 Å². The second kappa shape index (κ2) is 15.0. The zero-order valence-electron chi connectivity index (χ0n) is 23.8. The highest BCUT2D eigenvalue weighted by Crippen LogP contribution is 2.25. The minimum Gasteiger partial charge on any atom is -0.508 e. The molecular weight excluding hydrogens is 494 g/mol. The van der Waals surface area contributed by atoms with Crippen molar-refractivity contribution in [3.05, 3.63) is 71.8 Å². The normalized spacial score (nSPS) is 12.6. The summed E-state index contributed by atoms with van der Waals surface area (Å²) < 4.78 is 5.44. The Morgan fingerprint density at radius 2 is 1.77 bits per heavy atom. The summed E-state index contributed by atoms with van der Waals surface area (Å²) in [5.41, 5.74) is 1.45. The van der Waals surface area contributed by atoms with Crippen molar-refractivity contribution in [1.82, 2.24) is 15.5 Å². The molecule has 0 bridgehead atoms. The Labute approximate surface area is 232 Å². The zero-order valence-corrected chi connectivity index (χ0v) is 23.8. The molecule has 0 aliphatic heterocycles. The average molecular weight is 538 g/mol. The van der Waals surface area contributed by atoms with Crippen LogP contribution in [0.15, 0.2) is 55.1 Å². The Hall–Kier alpha value is -3.81. The van der Waals surface area contributed by atoms with Gasteiger partial charge in [0.05, 0.1) is 0 Å². The van der Waals surface area contributed by atoms with Crippen molar-refractivity contribution in [3.63, 3.8) is 0 Å². The molecule has 8 heteroatoms. The predicted molar refractivity (Wildman–Crippen MR) is 154 cm³/mol. The lowest BCUT2D eigenvalue weighted by Gasteiger charge is -2.34. The third-order valence-corrected chi connectivity index (χ3v) is 6.09. The molecule has 2 aromatic carbocycles. The molecule has 0 saturated heterocycles. The van der Waals surface area contributed by atoms with Crippen molar-refractivity contribution < 1.29 is 24.2 Å². The molecule has 2 aromatic rings. The van der Waals surface area contributed by atoms with E-state index in [9.17, 15) is 19.5 Å². The van der Waals surface area contributed by atoms with E-state index in [-0.39, 0.29) is 24.6 Å². The highest BCUT2D eigenvalue weighted by molar-refractivity contribution is 5.92. The molecule has 0 aromatic heterocycles. The SMILES string of the molecule is C=Cc1cccc(C(C(=O)NCCCCC)N(CC)C(=O)C(Cc2ccc(O)cc2)NC(=O)OC(C)(C)C)c1. The summed E-state index contributed by atoms with van der Waals surface area (Å²) in [5.74, 6) is -0.615. The van der Waals surface area contributed by atoms with Gasteiger partial charge in [0.2, 0.25) is 11.8 Å². The molecular formula is C31H43N3O5. The van der Waals surface area contributed by atoms with Crippen molar-refractivity contribution in [2.75, 3.05) is 13.1 Å². The highest BCUT2D eigenvalue weighted by Gasteiger charge is 2.35. The standard InChI is InChI=1S/C31H43N3O5/c1-7-10-11-19-32-28(36)27(24-14-12-13-22(8-2)20-24)34(9-3)29(37)26(33-30(38)39-31(4,5)6)21-23-15-17-25(35)18-16-23/h8,12-18,20,26-27,35H,2,7,9-11,19,21H2,1,3-6H3,(H,32,36)(H,33,38). The van der Waals surface area contributed by atoms with Crippen LogP contribution < -0.4 is 10.6 Å². The Morgan fingerprint density at radius 3 is 2.36 bits per heavy atom. The van der Waals surface area contributed by atoms with Crippen LogP contribution >= 0.6 is 0 Å². The smallest absolute Gasteiger partial charge is 0.408 e. The maximum Gasteiger partial charge on any atom is 0.408 e. The van der Waals surface area contributed by atoms with Crippen LogP contribution in [0.1, 0.15) is 76.6 Å². The summed E-state index contributed by atoms with van der Waals surface area (Å²) in [6.07, 6.45) is 3.95. The molecule has 8 nitrogen and oxygen atoms in total. The second-order valence-electron chi connectivity index (χ2n) is 10.5. The maximum atomic E-state index is 14.1. The number of hydrogen-bond acceptors (Lipinski definition) is 5. The van der Waals surface area contributed by atoms with Crippen LogP contribution in [0.3, 0.4) is 0 Å². The lowest BCUT2D eigenvalue weighted by Crippen LogP contribution is -2.53. The summed E-state index contributed by atoms with van der Waals surface area (Å²) in [6, 6.07) is 11.9. The fraction of sp³-hybridized carbons (Fsp3) is 0.452.